The molecule has 1 atom stereocenters. The van der Waals surface area contributed by atoms with Gasteiger partial charge in [-0.25, -0.2) is 0 Å². The Balaban J connectivity index is 0.000000302. The van der Waals surface area contributed by atoms with E-state index in [-0.39, 0.29) is 6.61 Å². The SMILES string of the molecule is Clc1ccccc1Cl.NC[C@H](CCO)CCCl. The molecule has 0 aliphatic carbocycles. The van der Waals surface area contributed by atoms with E-state index in [4.69, 9.17) is 45.6 Å². The van der Waals surface area contributed by atoms with Crippen molar-refractivity contribution in [1.29, 1.82) is 0 Å². The van der Waals surface area contributed by atoms with E-state index in [1.165, 1.54) is 0 Å². The molecule has 0 aliphatic heterocycles. The molecule has 0 spiro atoms. The normalized spacial score (nSPS) is 11.6. The summed E-state index contributed by atoms with van der Waals surface area (Å²) in [7, 11) is 0. The molecular formula is C12H18Cl3NO. The Morgan fingerprint density at radius 1 is 1.12 bits per heavy atom. The molecule has 1 aromatic rings. The average Bonchev–Trinajstić information content (AvgIpc) is 2.33. The van der Waals surface area contributed by atoms with Crippen LogP contribution in [0.5, 0.6) is 0 Å². The van der Waals surface area contributed by atoms with Gasteiger partial charge in [-0.1, -0.05) is 35.3 Å². The van der Waals surface area contributed by atoms with Crippen LogP contribution in [0.25, 0.3) is 0 Å². The molecule has 17 heavy (non-hydrogen) atoms. The number of aliphatic hydroxyl groups is 1. The summed E-state index contributed by atoms with van der Waals surface area (Å²) in [5.41, 5.74) is 5.38. The molecule has 2 nitrogen and oxygen atoms in total. The maximum absolute atomic E-state index is 8.50. The van der Waals surface area contributed by atoms with Crippen LogP contribution < -0.4 is 5.73 Å². The van der Waals surface area contributed by atoms with Gasteiger partial charge in [-0.3, -0.25) is 0 Å². The molecule has 0 aliphatic rings. The number of hydrogen-bond acceptors (Lipinski definition) is 2. The van der Waals surface area contributed by atoms with E-state index >= 15 is 0 Å². The molecule has 0 radical (unpaired) electrons. The molecular weight excluding hydrogens is 280 g/mol. The van der Waals surface area contributed by atoms with Crippen LogP contribution in [0.3, 0.4) is 0 Å². The lowest BCUT2D eigenvalue weighted by atomic mass is 10.0. The Kier molecular flexibility index (Phi) is 11.1. The van der Waals surface area contributed by atoms with Crippen molar-refractivity contribution in [2.24, 2.45) is 11.7 Å². The van der Waals surface area contributed by atoms with Crippen molar-refractivity contribution in [2.75, 3.05) is 19.0 Å². The van der Waals surface area contributed by atoms with E-state index < -0.39 is 0 Å². The number of aliphatic hydroxyl groups excluding tert-OH is 1. The minimum Gasteiger partial charge on any atom is -0.396 e. The van der Waals surface area contributed by atoms with Crippen LogP contribution in [0.2, 0.25) is 10.0 Å². The first-order valence-electron chi connectivity index (χ1n) is 5.42. The smallest absolute Gasteiger partial charge is 0.0592 e. The molecule has 0 saturated carbocycles. The standard InChI is InChI=1S/C6H4Cl2.C6H14ClNO/c7-5-3-1-2-4-6(5)8;7-3-1-6(5-8)2-4-9/h1-4H;6,9H,1-5,8H2/t;6-/m.0/s1. The van der Waals surface area contributed by atoms with E-state index in [0.29, 0.717) is 28.4 Å². The third kappa shape index (κ3) is 8.70. The molecule has 0 unspecified atom stereocenters. The number of nitrogens with two attached hydrogens (primary N) is 1. The average molecular weight is 299 g/mol. The van der Waals surface area contributed by atoms with Crippen molar-refractivity contribution in [3.05, 3.63) is 34.3 Å². The van der Waals surface area contributed by atoms with Gasteiger partial charge in [0.25, 0.3) is 0 Å². The summed E-state index contributed by atoms with van der Waals surface area (Å²) < 4.78 is 0. The molecule has 3 N–H and O–H groups in total. The van der Waals surface area contributed by atoms with Crippen molar-refractivity contribution in [1.82, 2.24) is 0 Å². The summed E-state index contributed by atoms with van der Waals surface area (Å²) in [6, 6.07) is 7.19. The number of rotatable bonds is 5. The second-order valence-electron chi connectivity index (χ2n) is 3.51. The number of benzene rings is 1. The lowest BCUT2D eigenvalue weighted by Crippen LogP contribution is -2.16. The summed E-state index contributed by atoms with van der Waals surface area (Å²) in [4.78, 5) is 0. The van der Waals surface area contributed by atoms with Crippen molar-refractivity contribution in [3.63, 3.8) is 0 Å². The summed E-state index contributed by atoms with van der Waals surface area (Å²) in [5.74, 6) is 1.05. The van der Waals surface area contributed by atoms with Crippen LogP contribution in [0.4, 0.5) is 0 Å². The Hall–Kier alpha value is 0.01000. The fourth-order valence-corrected chi connectivity index (χ4v) is 1.74. The first-order valence-corrected chi connectivity index (χ1v) is 6.71. The molecule has 1 rings (SSSR count). The van der Waals surface area contributed by atoms with E-state index in [9.17, 15) is 0 Å². The van der Waals surface area contributed by atoms with Crippen LogP contribution >= 0.6 is 34.8 Å². The van der Waals surface area contributed by atoms with Gasteiger partial charge in [-0.05, 0) is 37.4 Å². The van der Waals surface area contributed by atoms with E-state index in [2.05, 4.69) is 0 Å². The van der Waals surface area contributed by atoms with Crippen LogP contribution in [-0.4, -0.2) is 24.1 Å². The first kappa shape index (κ1) is 17.0. The lowest BCUT2D eigenvalue weighted by molar-refractivity contribution is 0.257. The van der Waals surface area contributed by atoms with Gasteiger partial charge in [-0.2, -0.15) is 0 Å². The number of hydrogen-bond donors (Lipinski definition) is 2. The maximum Gasteiger partial charge on any atom is 0.0592 e. The first-order chi connectivity index (χ1) is 8.15. The highest BCUT2D eigenvalue weighted by Crippen LogP contribution is 2.19. The Morgan fingerprint density at radius 2 is 1.65 bits per heavy atom. The van der Waals surface area contributed by atoms with Crippen LogP contribution in [-0.2, 0) is 0 Å². The summed E-state index contributed by atoms with van der Waals surface area (Å²) >= 11 is 16.6. The third-order valence-electron chi connectivity index (χ3n) is 2.21. The van der Waals surface area contributed by atoms with Crippen molar-refractivity contribution < 1.29 is 5.11 Å². The molecule has 0 fully saturated rings. The molecule has 0 bridgehead atoms. The lowest BCUT2D eigenvalue weighted by Gasteiger charge is -2.09. The fraction of sp³-hybridized carbons (Fsp3) is 0.500. The monoisotopic (exact) mass is 297 g/mol. The summed E-state index contributed by atoms with van der Waals surface area (Å²) in [5, 5.41) is 9.71. The van der Waals surface area contributed by atoms with Crippen LogP contribution in [0, 0.1) is 5.92 Å². The molecule has 0 aromatic heterocycles. The van der Waals surface area contributed by atoms with Gasteiger partial charge in [0.15, 0.2) is 0 Å². The molecule has 0 saturated heterocycles. The number of halogens is 3. The topological polar surface area (TPSA) is 46.2 Å². The van der Waals surface area contributed by atoms with E-state index in [0.717, 1.165) is 12.8 Å². The summed E-state index contributed by atoms with van der Waals surface area (Å²) in [6.07, 6.45) is 1.70. The minimum atomic E-state index is 0.221. The van der Waals surface area contributed by atoms with Gasteiger partial charge in [0.1, 0.15) is 0 Å². The van der Waals surface area contributed by atoms with Gasteiger partial charge in [0.05, 0.1) is 10.0 Å². The molecule has 98 valence electrons. The second kappa shape index (κ2) is 11.1. The predicted molar refractivity (Wildman–Crippen MR) is 76.0 cm³/mol. The van der Waals surface area contributed by atoms with Crippen molar-refractivity contribution in [3.8, 4) is 0 Å². The maximum atomic E-state index is 8.50. The molecule has 5 heteroatoms. The molecule has 0 amide bonds. The number of alkyl halides is 1. The minimum absolute atomic E-state index is 0.221. The Bertz CT molecular complexity index is 270. The van der Waals surface area contributed by atoms with Gasteiger partial charge in [0.2, 0.25) is 0 Å². The Morgan fingerprint density at radius 3 is 1.94 bits per heavy atom. The predicted octanol–water partition coefficient (Wildman–Crippen LogP) is 3.57. The van der Waals surface area contributed by atoms with Gasteiger partial charge >= 0.3 is 0 Å². The molecule has 0 heterocycles. The molecule has 1 aromatic carbocycles. The zero-order valence-electron chi connectivity index (χ0n) is 9.58. The van der Waals surface area contributed by atoms with Crippen molar-refractivity contribution >= 4 is 34.8 Å². The summed E-state index contributed by atoms with van der Waals surface area (Å²) in [6.45, 7) is 0.853. The Labute approximate surface area is 118 Å². The van der Waals surface area contributed by atoms with Gasteiger partial charge < -0.3 is 10.8 Å². The van der Waals surface area contributed by atoms with Gasteiger partial charge in [0, 0.05) is 12.5 Å². The second-order valence-corrected chi connectivity index (χ2v) is 4.70. The highest BCUT2D eigenvalue weighted by atomic mass is 35.5. The quantitative estimate of drug-likeness (QED) is 0.816. The fourth-order valence-electron chi connectivity index (χ4n) is 1.16. The highest BCUT2D eigenvalue weighted by molar-refractivity contribution is 6.41. The van der Waals surface area contributed by atoms with Crippen LogP contribution in [0.1, 0.15) is 12.8 Å². The zero-order valence-corrected chi connectivity index (χ0v) is 11.8. The van der Waals surface area contributed by atoms with Gasteiger partial charge in [-0.15, -0.1) is 11.6 Å². The largest absolute Gasteiger partial charge is 0.396 e. The van der Waals surface area contributed by atoms with E-state index in [1.54, 1.807) is 12.1 Å². The van der Waals surface area contributed by atoms with E-state index in [1.807, 2.05) is 12.1 Å². The highest BCUT2D eigenvalue weighted by Gasteiger charge is 2.03. The third-order valence-corrected chi connectivity index (χ3v) is 3.19. The van der Waals surface area contributed by atoms with Crippen LogP contribution in [0.15, 0.2) is 24.3 Å². The zero-order chi connectivity index (χ0) is 13.1. The van der Waals surface area contributed by atoms with Crippen molar-refractivity contribution in [2.45, 2.75) is 12.8 Å².